The van der Waals surface area contributed by atoms with E-state index < -0.39 is 23.5 Å². The smallest absolute Gasteiger partial charge is 0.329 e. The van der Waals surface area contributed by atoms with Crippen LogP contribution in [0.1, 0.15) is 48.7 Å². The van der Waals surface area contributed by atoms with E-state index in [-0.39, 0.29) is 18.7 Å². The van der Waals surface area contributed by atoms with Crippen molar-refractivity contribution in [2.45, 2.75) is 38.3 Å². The highest BCUT2D eigenvalue weighted by atomic mass is 16.4. The molecule has 2 amide bonds. The van der Waals surface area contributed by atoms with E-state index in [1.165, 1.54) is 6.92 Å². The normalized spacial score (nSPS) is 13.9. The summed E-state index contributed by atoms with van der Waals surface area (Å²) in [6.07, 6.45) is 0.186. The summed E-state index contributed by atoms with van der Waals surface area (Å²) in [4.78, 5) is 36.4. The summed E-state index contributed by atoms with van der Waals surface area (Å²) in [6.45, 7) is 3.16. The Morgan fingerprint density at radius 3 is 2.07 bits per heavy atom. The maximum atomic E-state index is 12.5. The van der Waals surface area contributed by atoms with Crippen LogP contribution in [0.4, 0.5) is 0 Å². The molecule has 0 fully saturated rings. The number of carboxylic acid groups (broad SMARTS) is 1. The van der Waals surface area contributed by atoms with E-state index in [0.29, 0.717) is 5.56 Å². The quantitative estimate of drug-likeness (QED) is 0.668. The SMILES string of the molecule is CCC(C)(NC(=O)CC(NC(=O)c1ccccc1)c1ccccc1)C(=O)O. The molecule has 142 valence electrons. The average Bonchev–Trinajstić information content (AvgIpc) is 2.68. The minimum atomic E-state index is -1.35. The lowest BCUT2D eigenvalue weighted by Crippen LogP contribution is -2.52. The van der Waals surface area contributed by atoms with Crippen LogP contribution in [0.3, 0.4) is 0 Å². The number of benzene rings is 2. The monoisotopic (exact) mass is 368 g/mol. The van der Waals surface area contributed by atoms with Gasteiger partial charge >= 0.3 is 5.97 Å². The van der Waals surface area contributed by atoms with Gasteiger partial charge < -0.3 is 15.7 Å². The van der Waals surface area contributed by atoms with Crippen LogP contribution in [-0.2, 0) is 9.59 Å². The first kappa shape index (κ1) is 20.2. The molecule has 0 saturated carbocycles. The first-order valence-electron chi connectivity index (χ1n) is 8.81. The zero-order chi connectivity index (χ0) is 19.9. The Bertz CT molecular complexity index is 792. The first-order valence-corrected chi connectivity index (χ1v) is 8.81. The minimum Gasteiger partial charge on any atom is -0.480 e. The highest BCUT2D eigenvalue weighted by Gasteiger charge is 2.33. The third-order valence-electron chi connectivity index (χ3n) is 4.53. The van der Waals surface area contributed by atoms with Crippen molar-refractivity contribution in [3.63, 3.8) is 0 Å². The molecule has 0 spiro atoms. The zero-order valence-corrected chi connectivity index (χ0v) is 15.4. The first-order chi connectivity index (χ1) is 12.9. The van der Waals surface area contributed by atoms with Crippen molar-refractivity contribution < 1.29 is 19.5 Å². The molecule has 0 aromatic heterocycles. The van der Waals surface area contributed by atoms with Crippen LogP contribution in [-0.4, -0.2) is 28.4 Å². The molecule has 27 heavy (non-hydrogen) atoms. The number of hydrogen-bond acceptors (Lipinski definition) is 3. The molecular weight excluding hydrogens is 344 g/mol. The van der Waals surface area contributed by atoms with Crippen molar-refractivity contribution in [2.24, 2.45) is 0 Å². The fourth-order valence-corrected chi connectivity index (χ4v) is 2.61. The Labute approximate surface area is 158 Å². The van der Waals surface area contributed by atoms with Gasteiger partial charge in [-0.15, -0.1) is 0 Å². The second-order valence-corrected chi connectivity index (χ2v) is 6.55. The largest absolute Gasteiger partial charge is 0.480 e. The highest BCUT2D eigenvalue weighted by Crippen LogP contribution is 2.19. The number of carboxylic acids is 1. The van der Waals surface area contributed by atoms with E-state index in [1.54, 1.807) is 31.2 Å². The van der Waals surface area contributed by atoms with E-state index >= 15 is 0 Å². The predicted octanol–water partition coefficient (Wildman–Crippen LogP) is 2.92. The lowest BCUT2D eigenvalue weighted by molar-refractivity contribution is -0.147. The number of aliphatic carboxylic acids is 1. The maximum absolute atomic E-state index is 12.5. The molecule has 2 aromatic carbocycles. The molecule has 0 aliphatic rings. The van der Waals surface area contributed by atoms with Crippen LogP contribution in [0.2, 0.25) is 0 Å². The van der Waals surface area contributed by atoms with Crippen LogP contribution in [0.15, 0.2) is 60.7 Å². The molecule has 0 saturated heterocycles. The van der Waals surface area contributed by atoms with Crippen molar-refractivity contribution in [3.8, 4) is 0 Å². The summed E-state index contributed by atoms with van der Waals surface area (Å²) in [5.74, 6) is -1.83. The molecule has 6 nitrogen and oxygen atoms in total. The number of hydrogen-bond donors (Lipinski definition) is 3. The van der Waals surface area contributed by atoms with E-state index in [2.05, 4.69) is 10.6 Å². The van der Waals surface area contributed by atoms with Gasteiger partial charge in [-0.05, 0) is 31.0 Å². The molecule has 0 aliphatic heterocycles. The van der Waals surface area contributed by atoms with Gasteiger partial charge in [-0.2, -0.15) is 0 Å². The summed E-state index contributed by atoms with van der Waals surface area (Å²) < 4.78 is 0. The van der Waals surface area contributed by atoms with Gasteiger partial charge in [-0.3, -0.25) is 9.59 Å². The maximum Gasteiger partial charge on any atom is 0.329 e. The molecule has 0 heterocycles. The third kappa shape index (κ3) is 5.41. The van der Waals surface area contributed by atoms with Crippen LogP contribution in [0.25, 0.3) is 0 Å². The van der Waals surface area contributed by atoms with Gasteiger partial charge in [-0.25, -0.2) is 4.79 Å². The lowest BCUT2D eigenvalue weighted by Gasteiger charge is -2.26. The Kier molecular flexibility index (Phi) is 6.71. The molecule has 2 aromatic rings. The molecule has 0 aliphatic carbocycles. The second kappa shape index (κ2) is 8.98. The van der Waals surface area contributed by atoms with Gasteiger partial charge in [0.2, 0.25) is 5.91 Å². The third-order valence-corrected chi connectivity index (χ3v) is 4.53. The summed E-state index contributed by atoms with van der Waals surface area (Å²) in [6, 6.07) is 17.3. The van der Waals surface area contributed by atoms with Crippen LogP contribution >= 0.6 is 0 Å². The van der Waals surface area contributed by atoms with Gasteiger partial charge in [0, 0.05) is 5.56 Å². The standard InChI is InChI=1S/C21H24N2O4/c1-3-21(2,20(26)27)23-18(24)14-17(15-10-6-4-7-11-15)22-19(25)16-12-8-5-9-13-16/h4-13,17H,3,14H2,1-2H3,(H,22,25)(H,23,24)(H,26,27). The number of carbonyl (C=O) groups is 3. The molecule has 2 rings (SSSR count). The number of rotatable bonds is 8. The molecule has 0 bridgehead atoms. The molecular formula is C21H24N2O4. The lowest BCUT2D eigenvalue weighted by atomic mass is 9.97. The van der Waals surface area contributed by atoms with Gasteiger partial charge in [0.15, 0.2) is 0 Å². The fourth-order valence-electron chi connectivity index (χ4n) is 2.61. The molecule has 0 radical (unpaired) electrons. The second-order valence-electron chi connectivity index (χ2n) is 6.55. The Hall–Kier alpha value is -3.15. The van der Waals surface area contributed by atoms with E-state index in [1.807, 2.05) is 36.4 Å². The topological polar surface area (TPSA) is 95.5 Å². The van der Waals surface area contributed by atoms with Gasteiger partial charge in [0.05, 0.1) is 12.5 Å². The van der Waals surface area contributed by atoms with Gasteiger partial charge in [-0.1, -0.05) is 55.5 Å². The molecule has 2 unspecified atom stereocenters. The molecule has 2 atom stereocenters. The van der Waals surface area contributed by atoms with E-state index in [4.69, 9.17) is 0 Å². The van der Waals surface area contributed by atoms with Crippen molar-refractivity contribution in [1.29, 1.82) is 0 Å². The Balaban J connectivity index is 2.17. The summed E-state index contributed by atoms with van der Waals surface area (Å²) in [5, 5.41) is 14.8. The van der Waals surface area contributed by atoms with Crippen LogP contribution in [0, 0.1) is 0 Å². The molecule has 6 heteroatoms. The van der Waals surface area contributed by atoms with Crippen molar-refractivity contribution in [3.05, 3.63) is 71.8 Å². The van der Waals surface area contributed by atoms with Crippen molar-refractivity contribution in [2.75, 3.05) is 0 Å². The number of nitrogens with one attached hydrogen (secondary N) is 2. The highest BCUT2D eigenvalue weighted by molar-refractivity contribution is 5.95. The summed E-state index contributed by atoms with van der Waals surface area (Å²) in [5.41, 5.74) is -0.0879. The average molecular weight is 368 g/mol. The van der Waals surface area contributed by atoms with Gasteiger partial charge in [0.25, 0.3) is 5.91 Å². The summed E-state index contributed by atoms with van der Waals surface area (Å²) in [7, 11) is 0. The van der Waals surface area contributed by atoms with Crippen molar-refractivity contribution >= 4 is 17.8 Å². The van der Waals surface area contributed by atoms with E-state index in [0.717, 1.165) is 5.56 Å². The molecule has 3 N–H and O–H groups in total. The fraction of sp³-hybridized carbons (Fsp3) is 0.286. The Morgan fingerprint density at radius 1 is 1.00 bits per heavy atom. The minimum absolute atomic E-state index is 0.0640. The van der Waals surface area contributed by atoms with Crippen LogP contribution in [0.5, 0.6) is 0 Å². The Morgan fingerprint density at radius 2 is 1.56 bits per heavy atom. The van der Waals surface area contributed by atoms with Gasteiger partial charge in [0.1, 0.15) is 5.54 Å². The van der Waals surface area contributed by atoms with Crippen molar-refractivity contribution in [1.82, 2.24) is 10.6 Å². The van der Waals surface area contributed by atoms with E-state index in [9.17, 15) is 19.5 Å². The number of carbonyl (C=O) groups excluding carboxylic acids is 2. The zero-order valence-electron chi connectivity index (χ0n) is 15.4. The predicted molar refractivity (Wildman–Crippen MR) is 102 cm³/mol. The van der Waals surface area contributed by atoms with Crippen LogP contribution < -0.4 is 10.6 Å². The summed E-state index contributed by atoms with van der Waals surface area (Å²) >= 11 is 0. The number of amides is 2.